The summed E-state index contributed by atoms with van der Waals surface area (Å²) in [6.07, 6.45) is 2.18. The predicted molar refractivity (Wildman–Crippen MR) is 70.1 cm³/mol. The van der Waals surface area contributed by atoms with Crippen molar-refractivity contribution in [3.63, 3.8) is 0 Å². The van der Waals surface area contributed by atoms with Crippen molar-refractivity contribution in [1.82, 2.24) is 0 Å². The molecular formula is C13H14BrFO4. The van der Waals surface area contributed by atoms with Crippen LogP contribution in [0.2, 0.25) is 0 Å². The summed E-state index contributed by atoms with van der Waals surface area (Å²) in [5.74, 6) is -2.65. The Balaban J connectivity index is 2.68. The highest BCUT2D eigenvalue weighted by atomic mass is 79.9. The molecule has 1 aromatic carbocycles. The van der Waals surface area contributed by atoms with Gasteiger partial charge in [-0.1, -0.05) is 28.8 Å². The van der Waals surface area contributed by atoms with Gasteiger partial charge in [0, 0.05) is 10.0 Å². The van der Waals surface area contributed by atoms with Crippen LogP contribution in [0.15, 0.2) is 10.5 Å². The Morgan fingerprint density at radius 3 is 2.53 bits per heavy atom. The highest BCUT2D eigenvalue weighted by Crippen LogP contribution is 2.48. The van der Waals surface area contributed by atoms with Crippen LogP contribution in [0, 0.1) is 5.82 Å². The SMILES string of the molecule is COc1cc(Br)c(C2(C(=O)O)CCCC2)c(F)c1O. The number of ether oxygens (including phenoxy) is 1. The summed E-state index contributed by atoms with van der Waals surface area (Å²) in [5, 5.41) is 19.2. The molecule has 0 atom stereocenters. The minimum Gasteiger partial charge on any atom is -0.502 e. The molecule has 0 amide bonds. The second-order valence-corrected chi connectivity index (χ2v) is 5.55. The zero-order chi connectivity index (χ0) is 14.2. The molecule has 0 radical (unpaired) electrons. The summed E-state index contributed by atoms with van der Waals surface area (Å²) in [5.41, 5.74) is -1.26. The van der Waals surface area contributed by atoms with E-state index in [-0.39, 0.29) is 11.3 Å². The van der Waals surface area contributed by atoms with E-state index in [2.05, 4.69) is 15.9 Å². The van der Waals surface area contributed by atoms with Gasteiger partial charge in [-0.25, -0.2) is 4.39 Å². The topological polar surface area (TPSA) is 66.8 Å². The molecule has 19 heavy (non-hydrogen) atoms. The third kappa shape index (κ3) is 2.08. The first kappa shape index (κ1) is 14.1. The van der Waals surface area contributed by atoms with E-state index in [1.165, 1.54) is 13.2 Å². The minimum absolute atomic E-state index is 0.0100. The number of phenolic OH excluding ortho intramolecular Hbond substituents is 1. The summed E-state index contributed by atoms with van der Waals surface area (Å²) in [6.45, 7) is 0. The van der Waals surface area contributed by atoms with Gasteiger partial charge in [-0.2, -0.15) is 0 Å². The van der Waals surface area contributed by atoms with Crippen molar-refractivity contribution < 1.29 is 24.1 Å². The predicted octanol–water partition coefficient (Wildman–Crippen LogP) is 3.20. The molecule has 0 unspecified atom stereocenters. The van der Waals surface area contributed by atoms with E-state index >= 15 is 0 Å². The molecule has 4 nitrogen and oxygen atoms in total. The first-order chi connectivity index (χ1) is 8.94. The van der Waals surface area contributed by atoms with Gasteiger partial charge in [-0.3, -0.25) is 4.79 Å². The second-order valence-electron chi connectivity index (χ2n) is 4.69. The number of phenols is 1. The molecule has 1 aliphatic carbocycles. The van der Waals surface area contributed by atoms with E-state index in [0.29, 0.717) is 17.3 Å². The van der Waals surface area contributed by atoms with E-state index in [9.17, 15) is 19.4 Å². The Labute approximate surface area is 118 Å². The number of aliphatic carboxylic acids is 1. The molecule has 2 N–H and O–H groups in total. The first-order valence-corrected chi connectivity index (χ1v) is 6.72. The average molecular weight is 333 g/mol. The summed E-state index contributed by atoms with van der Waals surface area (Å²) in [6, 6.07) is 1.40. The Morgan fingerprint density at radius 2 is 2.05 bits per heavy atom. The van der Waals surface area contributed by atoms with Crippen LogP contribution in [0.3, 0.4) is 0 Å². The molecule has 0 heterocycles. The molecule has 0 bridgehead atoms. The van der Waals surface area contributed by atoms with Crippen LogP contribution in [-0.2, 0) is 10.2 Å². The first-order valence-electron chi connectivity index (χ1n) is 5.93. The van der Waals surface area contributed by atoms with Gasteiger partial charge in [-0.05, 0) is 18.9 Å². The molecule has 1 saturated carbocycles. The number of benzene rings is 1. The largest absolute Gasteiger partial charge is 0.502 e. The Hall–Kier alpha value is -1.30. The molecule has 1 fully saturated rings. The van der Waals surface area contributed by atoms with Crippen LogP contribution in [0.25, 0.3) is 0 Å². The third-order valence-electron chi connectivity index (χ3n) is 3.72. The van der Waals surface area contributed by atoms with Crippen molar-refractivity contribution in [2.45, 2.75) is 31.1 Å². The zero-order valence-corrected chi connectivity index (χ0v) is 12.0. The van der Waals surface area contributed by atoms with Crippen LogP contribution < -0.4 is 4.74 Å². The maximum absolute atomic E-state index is 14.3. The molecule has 0 aliphatic heterocycles. The molecule has 1 aliphatic rings. The van der Waals surface area contributed by atoms with Crippen LogP contribution in [0.4, 0.5) is 4.39 Å². The fourth-order valence-corrected chi connectivity index (χ4v) is 3.49. The van der Waals surface area contributed by atoms with E-state index in [1.54, 1.807) is 0 Å². The van der Waals surface area contributed by atoms with Crippen LogP contribution >= 0.6 is 15.9 Å². The number of hydrogen-bond acceptors (Lipinski definition) is 3. The van der Waals surface area contributed by atoms with Crippen molar-refractivity contribution in [3.05, 3.63) is 21.9 Å². The fourth-order valence-electron chi connectivity index (χ4n) is 2.73. The quantitative estimate of drug-likeness (QED) is 0.891. The van der Waals surface area contributed by atoms with Gasteiger partial charge in [0.05, 0.1) is 12.5 Å². The van der Waals surface area contributed by atoms with Crippen molar-refractivity contribution in [1.29, 1.82) is 0 Å². The van der Waals surface area contributed by atoms with Gasteiger partial charge in [0.25, 0.3) is 0 Å². The van der Waals surface area contributed by atoms with Crippen molar-refractivity contribution >= 4 is 21.9 Å². The standard InChI is InChI=1S/C13H14BrFO4/c1-19-8-6-7(14)9(10(15)11(8)16)13(12(17)18)4-2-3-5-13/h6,16H,2-5H2,1H3,(H,17,18). The molecule has 0 spiro atoms. The molecule has 0 aromatic heterocycles. The van der Waals surface area contributed by atoms with Gasteiger partial charge in [0.2, 0.25) is 0 Å². The lowest BCUT2D eigenvalue weighted by molar-refractivity contribution is -0.143. The van der Waals surface area contributed by atoms with E-state index < -0.39 is 23.0 Å². The van der Waals surface area contributed by atoms with E-state index in [0.717, 1.165) is 12.8 Å². The maximum atomic E-state index is 14.3. The average Bonchev–Trinajstić information content (AvgIpc) is 2.84. The van der Waals surface area contributed by atoms with Gasteiger partial charge in [0.15, 0.2) is 17.3 Å². The number of halogens is 2. The molecular weight excluding hydrogens is 319 g/mol. The number of carbonyl (C=O) groups is 1. The molecule has 2 rings (SSSR count). The van der Waals surface area contributed by atoms with E-state index in [1.807, 2.05) is 0 Å². The number of carboxylic acid groups (broad SMARTS) is 1. The lowest BCUT2D eigenvalue weighted by Gasteiger charge is -2.26. The number of hydrogen-bond donors (Lipinski definition) is 2. The van der Waals surface area contributed by atoms with Crippen molar-refractivity contribution in [3.8, 4) is 11.5 Å². The normalized spacial score (nSPS) is 17.4. The van der Waals surface area contributed by atoms with Gasteiger partial charge < -0.3 is 14.9 Å². The fraction of sp³-hybridized carbons (Fsp3) is 0.462. The van der Waals surface area contributed by atoms with Crippen molar-refractivity contribution in [2.75, 3.05) is 7.11 Å². The van der Waals surface area contributed by atoms with Gasteiger partial charge >= 0.3 is 5.97 Å². The summed E-state index contributed by atoms with van der Waals surface area (Å²) >= 11 is 3.19. The maximum Gasteiger partial charge on any atom is 0.314 e. The van der Waals surface area contributed by atoms with Crippen LogP contribution in [0.1, 0.15) is 31.2 Å². The number of rotatable bonds is 3. The van der Waals surface area contributed by atoms with Crippen LogP contribution in [-0.4, -0.2) is 23.3 Å². The lowest BCUT2D eigenvalue weighted by atomic mass is 9.78. The highest BCUT2D eigenvalue weighted by Gasteiger charge is 2.47. The number of aromatic hydroxyl groups is 1. The number of methoxy groups -OCH3 is 1. The molecule has 6 heteroatoms. The Bertz CT molecular complexity index is 524. The summed E-state index contributed by atoms with van der Waals surface area (Å²) in [4.78, 5) is 11.6. The zero-order valence-electron chi connectivity index (χ0n) is 10.4. The van der Waals surface area contributed by atoms with Gasteiger partial charge in [0.1, 0.15) is 0 Å². The molecule has 1 aromatic rings. The van der Waals surface area contributed by atoms with E-state index in [4.69, 9.17) is 4.74 Å². The Kier molecular flexibility index (Phi) is 3.71. The smallest absolute Gasteiger partial charge is 0.314 e. The highest BCUT2D eigenvalue weighted by molar-refractivity contribution is 9.10. The number of carboxylic acids is 1. The minimum atomic E-state index is -1.27. The lowest BCUT2D eigenvalue weighted by Crippen LogP contribution is -2.34. The van der Waals surface area contributed by atoms with Crippen LogP contribution in [0.5, 0.6) is 11.5 Å². The Morgan fingerprint density at radius 1 is 1.47 bits per heavy atom. The molecule has 0 saturated heterocycles. The summed E-state index contributed by atoms with van der Waals surface area (Å²) in [7, 11) is 1.31. The third-order valence-corrected chi connectivity index (χ3v) is 4.35. The monoisotopic (exact) mass is 332 g/mol. The van der Waals surface area contributed by atoms with Gasteiger partial charge in [-0.15, -0.1) is 0 Å². The summed E-state index contributed by atoms with van der Waals surface area (Å²) < 4.78 is 19.5. The van der Waals surface area contributed by atoms with Crippen molar-refractivity contribution in [2.24, 2.45) is 0 Å². The second kappa shape index (κ2) is 5.00. The molecule has 104 valence electrons.